The first-order valence-corrected chi connectivity index (χ1v) is 34.9. The van der Waals surface area contributed by atoms with Crippen LogP contribution in [-0.4, -0.2) is 129 Å². The van der Waals surface area contributed by atoms with E-state index >= 15 is 4.79 Å². The number of Topliss-reactive ketones (excluding diaryl/α,β-unsaturated/α-hetero) is 1. The Bertz CT molecular complexity index is 3700. The lowest BCUT2D eigenvalue weighted by atomic mass is 9.44. The van der Waals surface area contributed by atoms with E-state index in [2.05, 4.69) is 50.9 Å². The Kier molecular flexibility index (Phi) is 20.7. The molecule has 14 unspecified atom stereocenters. The summed E-state index contributed by atoms with van der Waals surface area (Å²) in [7, 11) is 0. The van der Waals surface area contributed by atoms with Crippen LogP contribution >= 0.6 is 0 Å². The number of rotatable bonds is 20. The van der Waals surface area contributed by atoms with E-state index in [0.717, 1.165) is 44.6 Å². The van der Waals surface area contributed by atoms with Gasteiger partial charge in [-0.2, -0.15) is 0 Å². The molecule has 19 nitrogen and oxygen atoms in total. The third-order valence-corrected chi connectivity index (χ3v) is 23.6. The van der Waals surface area contributed by atoms with Crippen LogP contribution < -0.4 is 5.32 Å². The van der Waals surface area contributed by atoms with Crippen molar-refractivity contribution in [2.75, 3.05) is 6.61 Å². The van der Waals surface area contributed by atoms with E-state index in [1.807, 2.05) is 6.08 Å². The van der Waals surface area contributed by atoms with Crippen molar-refractivity contribution < 1.29 is 86.8 Å². The van der Waals surface area contributed by atoms with Crippen LogP contribution in [0.1, 0.15) is 178 Å². The lowest BCUT2D eigenvalue weighted by Gasteiger charge is -2.67. The molecule has 6 saturated carbocycles. The zero-order valence-corrected chi connectivity index (χ0v) is 57.7. The maximum atomic E-state index is 16.6. The number of aliphatic hydroxyl groups excluding tert-OH is 2. The second-order valence-electron chi connectivity index (χ2n) is 29.9. The first kappa shape index (κ1) is 71.4. The molecule has 4 N–H and O–H groups in total. The summed E-state index contributed by atoms with van der Waals surface area (Å²) in [5, 5.41) is 40.5. The van der Waals surface area contributed by atoms with Crippen LogP contribution in [0.2, 0.25) is 0 Å². The summed E-state index contributed by atoms with van der Waals surface area (Å²) in [6.07, 6.45) is 3.36. The predicted octanol–water partition coefficient (Wildman–Crippen LogP) is 11.0. The van der Waals surface area contributed by atoms with Gasteiger partial charge in [-0.1, -0.05) is 138 Å². The molecular formula is C79H95NO18. The number of benzene rings is 3. The van der Waals surface area contributed by atoms with Gasteiger partial charge in [0, 0.05) is 50.5 Å². The van der Waals surface area contributed by atoms with Crippen LogP contribution in [-0.2, 0) is 61.9 Å². The summed E-state index contributed by atoms with van der Waals surface area (Å²) in [5.41, 5.74) is -5.14. The largest absolute Gasteiger partial charge is 0.462 e. The number of aliphatic hydroxyl groups is 3. The van der Waals surface area contributed by atoms with Crippen LogP contribution in [0, 0.1) is 51.8 Å². The van der Waals surface area contributed by atoms with E-state index in [1.54, 1.807) is 78.9 Å². The Labute approximate surface area is 573 Å². The van der Waals surface area contributed by atoms with Gasteiger partial charge in [0.15, 0.2) is 23.6 Å². The maximum Gasteiger partial charge on any atom is 0.338 e. The highest BCUT2D eigenvalue weighted by Crippen LogP contribution is 2.66. The fourth-order valence-corrected chi connectivity index (χ4v) is 17.9. The van der Waals surface area contributed by atoms with Gasteiger partial charge in [-0.3, -0.25) is 28.8 Å². The second kappa shape index (κ2) is 28.4. The number of carbonyl (C=O) groups excluding carboxylic acids is 8. The number of esters is 6. The fraction of sp³-hybridized carbons (Fsp3) is 0.544. The van der Waals surface area contributed by atoms with Crippen molar-refractivity contribution in [3.8, 4) is 0 Å². The van der Waals surface area contributed by atoms with E-state index < -0.39 is 156 Å². The number of amides is 1. The van der Waals surface area contributed by atoms with Crippen molar-refractivity contribution in [1.82, 2.24) is 5.32 Å². The summed E-state index contributed by atoms with van der Waals surface area (Å²) >= 11 is 0. The quantitative estimate of drug-likeness (QED) is 0.0465. The van der Waals surface area contributed by atoms with E-state index in [9.17, 15) is 48.9 Å². The Morgan fingerprint density at radius 2 is 1.40 bits per heavy atom. The molecule has 1 amide bonds. The Hall–Kier alpha value is -7.84. The second-order valence-corrected chi connectivity index (χ2v) is 29.9. The molecule has 1 aliphatic heterocycles. The molecule has 3 aromatic rings. The van der Waals surface area contributed by atoms with Crippen molar-refractivity contribution >= 4 is 47.5 Å². The van der Waals surface area contributed by atoms with Crippen LogP contribution in [0.5, 0.6) is 0 Å². The minimum Gasteiger partial charge on any atom is -0.462 e. The lowest BCUT2D eigenvalue weighted by molar-refractivity contribution is -0.346. The number of ether oxygens (including phenoxy) is 7. The molecule has 19 heteroatoms. The van der Waals surface area contributed by atoms with Crippen molar-refractivity contribution in [2.45, 2.75) is 212 Å². The van der Waals surface area contributed by atoms with Gasteiger partial charge in [0.25, 0.3) is 5.91 Å². The summed E-state index contributed by atoms with van der Waals surface area (Å²) in [4.78, 5) is 116. The highest BCUT2D eigenvalue weighted by molar-refractivity contribution is 5.97. The summed E-state index contributed by atoms with van der Waals surface area (Å²) in [6, 6.07) is 22.7. The Morgan fingerprint density at radius 1 is 0.765 bits per heavy atom. The molecule has 18 atom stereocenters. The van der Waals surface area contributed by atoms with E-state index in [0.29, 0.717) is 34.8 Å². The standard InChI is InChI=1S/C79H95NO18/c1-44(50-30-31-50)28-29-45(2)57-34-35-58-51(27-20-38-76(57,58)9)32-33-55-39-56(40-59(83)46(55)3)94-63(84)36-37-64(85)96-61-41-62-78(43-92-62,98-49(6)82)69-71(97-73(89)54-25-18-13-19-26-54)79(91)42-60(47(4)65(75(79,7)8)68(93-48(5)81)70(87)77(61,69)10)95-74(90)67(86)66(52-21-14-11-15-22-52)80-72(88)53-23-16-12-17-24-53/h11-19,21-26,28-29,32-33,44-45,50,56-62,66-69,71,83,86,91H,3,20,27,30-31,34-43H2,1-2,4-10H3,(H,80,88)/b29-28+,51-32+,55-33-/t44?,45-,56+,57?,58?,59-,60?,61?,62?,66?,67?,68?,69?,71?,76+,77?,78?,79?/m0/s1. The van der Waals surface area contributed by atoms with Crippen molar-refractivity contribution in [3.05, 3.63) is 166 Å². The van der Waals surface area contributed by atoms with Gasteiger partial charge in [0.1, 0.15) is 36.1 Å². The van der Waals surface area contributed by atoms with Gasteiger partial charge < -0.3 is 53.8 Å². The molecule has 11 rings (SSSR count). The molecule has 524 valence electrons. The van der Waals surface area contributed by atoms with Crippen molar-refractivity contribution in [1.29, 1.82) is 0 Å². The average molecular weight is 1350 g/mol. The van der Waals surface area contributed by atoms with Gasteiger partial charge in [-0.05, 0) is 146 Å². The Balaban J connectivity index is 0.878. The summed E-state index contributed by atoms with van der Waals surface area (Å²) < 4.78 is 43.9. The zero-order valence-electron chi connectivity index (χ0n) is 57.7. The van der Waals surface area contributed by atoms with Crippen LogP contribution in [0.4, 0.5) is 0 Å². The van der Waals surface area contributed by atoms with Crippen LogP contribution in [0.15, 0.2) is 150 Å². The predicted molar refractivity (Wildman–Crippen MR) is 360 cm³/mol. The topological polar surface area (TPSA) is 274 Å². The van der Waals surface area contributed by atoms with Gasteiger partial charge >= 0.3 is 35.8 Å². The van der Waals surface area contributed by atoms with Crippen molar-refractivity contribution in [3.63, 3.8) is 0 Å². The van der Waals surface area contributed by atoms with Gasteiger partial charge in [-0.15, -0.1) is 0 Å². The molecule has 1 heterocycles. The number of ketones is 1. The van der Waals surface area contributed by atoms with E-state index in [4.69, 9.17) is 33.2 Å². The van der Waals surface area contributed by atoms with E-state index in [1.165, 1.54) is 71.1 Å². The highest BCUT2D eigenvalue weighted by Gasteiger charge is 2.79. The highest BCUT2D eigenvalue weighted by atomic mass is 16.6. The molecule has 8 aliphatic rings. The molecule has 0 spiro atoms. The van der Waals surface area contributed by atoms with Crippen LogP contribution in [0.3, 0.4) is 0 Å². The van der Waals surface area contributed by atoms with Crippen molar-refractivity contribution in [2.24, 2.45) is 51.8 Å². The third-order valence-electron chi connectivity index (χ3n) is 23.6. The summed E-state index contributed by atoms with van der Waals surface area (Å²) in [5.74, 6) is -6.26. The average Bonchev–Trinajstić information content (AvgIpc) is 0.831. The molecule has 98 heavy (non-hydrogen) atoms. The number of fused-ring (bicyclic) bond motifs is 6. The maximum absolute atomic E-state index is 16.6. The minimum absolute atomic E-state index is 0.00199. The molecular weight excluding hydrogens is 1250 g/mol. The fourth-order valence-electron chi connectivity index (χ4n) is 17.9. The molecule has 7 fully saturated rings. The Morgan fingerprint density at radius 3 is 2.02 bits per heavy atom. The number of hydrogen-bond acceptors (Lipinski definition) is 18. The number of allylic oxidation sites excluding steroid dienone is 5. The first-order valence-electron chi connectivity index (χ1n) is 34.9. The molecule has 7 aliphatic carbocycles. The molecule has 0 radical (unpaired) electrons. The number of nitrogens with one attached hydrogen (secondary N) is 1. The lowest BCUT2D eigenvalue weighted by Crippen LogP contribution is -2.82. The molecule has 2 bridgehead atoms. The normalized spacial score (nSPS) is 33.8. The smallest absolute Gasteiger partial charge is 0.338 e. The monoisotopic (exact) mass is 1350 g/mol. The van der Waals surface area contributed by atoms with Crippen LogP contribution in [0.25, 0.3) is 0 Å². The number of carbonyl (C=O) groups is 8. The minimum atomic E-state index is -2.55. The number of hydrogen-bond donors (Lipinski definition) is 4. The molecule has 1 saturated heterocycles. The van der Waals surface area contributed by atoms with Gasteiger partial charge in [0.2, 0.25) is 0 Å². The third kappa shape index (κ3) is 13.7. The SMILES string of the molecule is C=C1/C(=C\C=C2/CCC[C@@]3(C)C2CCC3[C@@H](C)/C=C/C(C)C2CC2)C[C@@H](OC(=O)CCC(=O)OC2CC3OCC3(OC(C)=O)C3C(OC(=O)c4ccccc4)C4(O)CC(OC(=O)C(O)C(NC(=O)c5ccccc5)c5ccccc5)C(C)=C(C(OC(C)=O)C(=O)C23C)C4(C)C)C[C@@H]1O. The van der Waals surface area contributed by atoms with Gasteiger partial charge in [-0.25, -0.2) is 9.59 Å². The zero-order chi connectivity index (χ0) is 70.4. The summed E-state index contributed by atoms with van der Waals surface area (Å²) in [6.45, 7) is 19.2. The molecule has 0 aromatic heterocycles. The van der Waals surface area contributed by atoms with E-state index in [-0.39, 0.29) is 47.0 Å². The molecule has 3 aromatic carbocycles. The first-order chi connectivity index (χ1) is 46.5. The van der Waals surface area contributed by atoms with Gasteiger partial charge in [0.05, 0.1) is 48.5 Å².